The molecule has 0 radical (unpaired) electrons. The van der Waals surface area contributed by atoms with Gasteiger partial charge in [0.25, 0.3) is 0 Å². The number of fused-ring (bicyclic) bond motifs is 1. The maximum atomic E-state index is 5.37. The van der Waals surface area contributed by atoms with Crippen molar-refractivity contribution in [1.29, 1.82) is 0 Å². The number of furan rings is 1. The molecule has 0 saturated carbocycles. The molecule has 0 aliphatic heterocycles. The average Bonchev–Trinajstić information content (AvgIpc) is 2.64. The highest BCUT2D eigenvalue weighted by Gasteiger charge is 2.03. The molecule has 0 saturated heterocycles. The van der Waals surface area contributed by atoms with Crippen molar-refractivity contribution in [1.82, 2.24) is 0 Å². The maximum Gasteiger partial charge on any atom is 0.134 e. The van der Waals surface area contributed by atoms with E-state index in [2.05, 4.69) is 32.0 Å². The van der Waals surface area contributed by atoms with E-state index in [1.807, 2.05) is 6.07 Å². The molecule has 0 aliphatic carbocycles. The third kappa shape index (κ3) is 1.82. The van der Waals surface area contributed by atoms with Crippen LogP contribution in [0.15, 0.2) is 34.9 Å². The van der Waals surface area contributed by atoms with Gasteiger partial charge in [0, 0.05) is 5.39 Å². The van der Waals surface area contributed by atoms with Crippen LogP contribution in [0.1, 0.15) is 25.8 Å². The minimum absolute atomic E-state index is 0.752. The summed E-state index contributed by atoms with van der Waals surface area (Å²) in [4.78, 5) is 0. The van der Waals surface area contributed by atoms with Crippen LogP contribution in [0.4, 0.5) is 0 Å². The number of hydrogen-bond donors (Lipinski definition) is 0. The van der Waals surface area contributed by atoms with Crippen LogP contribution in [-0.4, -0.2) is 0 Å². The van der Waals surface area contributed by atoms with Crippen molar-refractivity contribution in [2.24, 2.45) is 5.92 Å². The fraction of sp³-hybridized carbons (Fsp3) is 0.385. The molecule has 1 nitrogen and oxygen atoms in total. The lowest BCUT2D eigenvalue weighted by molar-refractivity contribution is 0.559. The van der Waals surface area contributed by atoms with Crippen LogP contribution in [-0.2, 0) is 6.42 Å². The fourth-order valence-electron chi connectivity index (χ4n) is 1.67. The van der Waals surface area contributed by atoms with Crippen molar-refractivity contribution in [3.63, 3.8) is 0 Å². The van der Waals surface area contributed by atoms with Crippen LogP contribution < -0.4 is 0 Å². The van der Waals surface area contributed by atoms with E-state index in [0.717, 1.165) is 17.9 Å². The normalized spacial score (nSPS) is 13.3. The summed E-state index contributed by atoms with van der Waals surface area (Å²) in [5, 5.41) is 1.19. The Balaban J connectivity index is 2.25. The summed E-state index contributed by atoms with van der Waals surface area (Å²) in [6, 6.07) is 8.49. The second kappa shape index (κ2) is 3.87. The molecule has 14 heavy (non-hydrogen) atoms. The molecule has 0 N–H and O–H groups in total. The Morgan fingerprint density at radius 2 is 2.14 bits per heavy atom. The van der Waals surface area contributed by atoms with Gasteiger partial charge in [-0.05, 0) is 30.0 Å². The van der Waals surface area contributed by atoms with Crippen molar-refractivity contribution >= 4 is 11.0 Å². The zero-order valence-electron chi connectivity index (χ0n) is 8.79. The van der Waals surface area contributed by atoms with Crippen LogP contribution >= 0.6 is 0 Å². The quantitative estimate of drug-likeness (QED) is 0.709. The van der Waals surface area contributed by atoms with Crippen LogP contribution in [0.5, 0.6) is 0 Å². The Labute approximate surface area is 84.7 Å². The molecule has 0 bridgehead atoms. The Kier molecular flexibility index (Phi) is 2.58. The Hall–Kier alpha value is -1.24. The first-order chi connectivity index (χ1) is 6.79. The van der Waals surface area contributed by atoms with Gasteiger partial charge in [-0.2, -0.15) is 0 Å². The molecule has 0 aliphatic rings. The molecule has 2 rings (SSSR count). The number of hydrogen-bond acceptors (Lipinski definition) is 1. The van der Waals surface area contributed by atoms with E-state index in [-0.39, 0.29) is 0 Å². The summed E-state index contributed by atoms with van der Waals surface area (Å²) in [5.41, 5.74) is 2.38. The molecule has 0 amide bonds. The van der Waals surface area contributed by atoms with E-state index in [1.54, 1.807) is 6.26 Å². The average molecular weight is 188 g/mol. The molecular weight excluding hydrogens is 172 g/mol. The lowest BCUT2D eigenvalue weighted by Crippen LogP contribution is -1.96. The van der Waals surface area contributed by atoms with Crippen LogP contribution in [0.25, 0.3) is 11.0 Å². The minimum Gasteiger partial charge on any atom is -0.464 e. The van der Waals surface area contributed by atoms with Crippen molar-refractivity contribution in [2.75, 3.05) is 0 Å². The van der Waals surface area contributed by atoms with E-state index in [0.29, 0.717) is 0 Å². The van der Waals surface area contributed by atoms with Crippen molar-refractivity contribution in [3.05, 3.63) is 36.1 Å². The Morgan fingerprint density at radius 1 is 1.29 bits per heavy atom. The molecule has 0 fully saturated rings. The second-order valence-corrected chi connectivity index (χ2v) is 4.01. The fourth-order valence-corrected chi connectivity index (χ4v) is 1.67. The molecule has 74 valence electrons. The van der Waals surface area contributed by atoms with Gasteiger partial charge in [-0.25, -0.2) is 0 Å². The maximum absolute atomic E-state index is 5.37. The summed E-state index contributed by atoms with van der Waals surface area (Å²) >= 11 is 0. The van der Waals surface area contributed by atoms with Crippen molar-refractivity contribution in [2.45, 2.75) is 26.7 Å². The van der Waals surface area contributed by atoms with Gasteiger partial charge in [0.05, 0.1) is 6.26 Å². The topological polar surface area (TPSA) is 13.1 Å². The zero-order chi connectivity index (χ0) is 9.97. The minimum atomic E-state index is 0.752. The number of rotatable bonds is 3. The van der Waals surface area contributed by atoms with Gasteiger partial charge in [0.1, 0.15) is 5.58 Å². The highest BCUT2D eigenvalue weighted by Crippen LogP contribution is 2.19. The highest BCUT2D eigenvalue weighted by atomic mass is 16.3. The summed E-state index contributed by atoms with van der Waals surface area (Å²) in [5.74, 6) is 0.752. The molecule has 1 aromatic carbocycles. The molecule has 0 unspecified atom stereocenters. The summed E-state index contributed by atoms with van der Waals surface area (Å²) in [6.45, 7) is 4.52. The standard InChI is InChI=1S/C13H16O/c1-3-10(2)8-11-4-5-12-6-7-14-13(12)9-11/h4-7,9-10H,3,8H2,1-2H3/t10-/m1/s1. The van der Waals surface area contributed by atoms with Crippen LogP contribution in [0.2, 0.25) is 0 Å². The van der Waals surface area contributed by atoms with E-state index in [4.69, 9.17) is 4.42 Å². The number of benzene rings is 1. The van der Waals surface area contributed by atoms with E-state index in [1.165, 1.54) is 17.4 Å². The predicted molar refractivity (Wildman–Crippen MR) is 59.4 cm³/mol. The molecule has 1 heteroatoms. The van der Waals surface area contributed by atoms with E-state index < -0.39 is 0 Å². The Bertz CT molecular complexity index is 414. The third-order valence-corrected chi connectivity index (χ3v) is 2.80. The van der Waals surface area contributed by atoms with Crippen molar-refractivity contribution in [3.8, 4) is 0 Å². The smallest absolute Gasteiger partial charge is 0.134 e. The second-order valence-electron chi connectivity index (χ2n) is 4.01. The lowest BCUT2D eigenvalue weighted by atomic mass is 9.98. The van der Waals surface area contributed by atoms with Crippen molar-refractivity contribution < 1.29 is 4.42 Å². The van der Waals surface area contributed by atoms with Gasteiger partial charge < -0.3 is 4.42 Å². The monoisotopic (exact) mass is 188 g/mol. The first kappa shape index (κ1) is 9.32. The van der Waals surface area contributed by atoms with Gasteiger partial charge in [-0.3, -0.25) is 0 Å². The SMILES string of the molecule is CC[C@@H](C)Cc1ccc2ccoc2c1. The van der Waals surface area contributed by atoms with Gasteiger partial charge in [0.2, 0.25) is 0 Å². The molecule has 0 spiro atoms. The largest absolute Gasteiger partial charge is 0.464 e. The highest BCUT2D eigenvalue weighted by molar-refractivity contribution is 5.77. The zero-order valence-corrected chi connectivity index (χ0v) is 8.79. The van der Waals surface area contributed by atoms with Gasteiger partial charge in [0.15, 0.2) is 0 Å². The molecule has 1 atom stereocenters. The van der Waals surface area contributed by atoms with E-state index in [9.17, 15) is 0 Å². The lowest BCUT2D eigenvalue weighted by Gasteiger charge is -2.07. The Morgan fingerprint density at radius 3 is 2.93 bits per heavy atom. The van der Waals surface area contributed by atoms with Crippen LogP contribution in [0, 0.1) is 5.92 Å². The summed E-state index contributed by atoms with van der Waals surface area (Å²) in [6.07, 6.45) is 4.13. The predicted octanol–water partition coefficient (Wildman–Crippen LogP) is 4.02. The van der Waals surface area contributed by atoms with Gasteiger partial charge in [-0.15, -0.1) is 0 Å². The van der Waals surface area contributed by atoms with E-state index >= 15 is 0 Å². The van der Waals surface area contributed by atoms with Crippen LogP contribution in [0.3, 0.4) is 0 Å². The molecule has 2 aromatic rings. The molecule has 1 aromatic heterocycles. The first-order valence-corrected chi connectivity index (χ1v) is 5.25. The first-order valence-electron chi connectivity index (χ1n) is 5.25. The third-order valence-electron chi connectivity index (χ3n) is 2.80. The summed E-state index contributed by atoms with van der Waals surface area (Å²) < 4.78 is 5.37. The van der Waals surface area contributed by atoms with Gasteiger partial charge >= 0.3 is 0 Å². The molecule has 1 heterocycles. The van der Waals surface area contributed by atoms with Gasteiger partial charge in [-0.1, -0.05) is 32.4 Å². The molecular formula is C13H16O. The summed E-state index contributed by atoms with van der Waals surface area (Å²) in [7, 11) is 0.